The highest BCUT2D eigenvalue weighted by atomic mass is 35.5. The van der Waals surface area contributed by atoms with E-state index >= 15 is 0 Å². The van der Waals surface area contributed by atoms with Gasteiger partial charge in [0.25, 0.3) is 0 Å². The van der Waals surface area contributed by atoms with Gasteiger partial charge in [-0.3, -0.25) is 0 Å². The van der Waals surface area contributed by atoms with E-state index in [1.54, 1.807) is 14.2 Å². The Bertz CT molecular complexity index is 927. The molecule has 1 aliphatic heterocycles. The topological polar surface area (TPSA) is 121 Å². The number of halogens is 1. The molecule has 1 unspecified atom stereocenters. The summed E-state index contributed by atoms with van der Waals surface area (Å²) in [6.07, 6.45) is 3.13. The molecule has 3 rings (SSSR count). The Morgan fingerprint density at radius 1 is 1.28 bits per heavy atom. The molecule has 0 saturated heterocycles. The fourth-order valence-electron chi connectivity index (χ4n) is 3.73. The van der Waals surface area contributed by atoms with Gasteiger partial charge in [-0.2, -0.15) is 9.97 Å². The van der Waals surface area contributed by atoms with Crippen molar-refractivity contribution in [1.29, 1.82) is 0 Å². The van der Waals surface area contributed by atoms with Crippen LogP contribution in [0.2, 0.25) is 5.15 Å². The lowest BCUT2D eigenvalue weighted by molar-refractivity contribution is 0.157. The molecule has 4 atom stereocenters. The van der Waals surface area contributed by atoms with Crippen molar-refractivity contribution in [3.05, 3.63) is 22.7 Å². The molecule has 1 aromatic rings. The molecule has 2 aliphatic rings. The molecule has 1 aliphatic carbocycles. The molecule has 0 aromatic carbocycles. The largest absolute Gasteiger partial charge is 0.481 e. The second-order valence-electron chi connectivity index (χ2n) is 7.88. The molecule has 0 bridgehead atoms. The maximum absolute atomic E-state index is 10.4. The van der Waals surface area contributed by atoms with Gasteiger partial charge >= 0.3 is 0 Å². The van der Waals surface area contributed by atoms with Gasteiger partial charge in [-0.15, -0.1) is 0 Å². The summed E-state index contributed by atoms with van der Waals surface area (Å²) in [6.45, 7) is 2.95. The van der Waals surface area contributed by atoms with Gasteiger partial charge in [0, 0.05) is 26.0 Å². The molecule has 174 valence electrons. The van der Waals surface area contributed by atoms with E-state index in [4.69, 9.17) is 21.1 Å². The van der Waals surface area contributed by atoms with Crippen LogP contribution in [-0.2, 0) is 9.47 Å². The molecule has 1 aromatic heterocycles. The predicted octanol–water partition coefficient (Wildman–Crippen LogP) is 2.05. The number of aliphatic imine (C=N–C) groups is 1. The summed E-state index contributed by atoms with van der Waals surface area (Å²) in [5.41, 5.74) is 1.32. The summed E-state index contributed by atoms with van der Waals surface area (Å²) < 4.78 is 10.2. The highest BCUT2D eigenvalue weighted by molar-refractivity contribution is 6.31. The van der Waals surface area contributed by atoms with Crippen LogP contribution in [0, 0.1) is 23.7 Å². The van der Waals surface area contributed by atoms with Crippen molar-refractivity contribution in [3.63, 3.8) is 0 Å². The number of nitrogens with one attached hydrogen (secondary N) is 2. The second kappa shape index (κ2) is 11.5. The van der Waals surface area contributed by atoms with Gasteiger partial charge < -0.3 is 30.3 Å². The van der Waals surface area contributed by atoms with Crippen LogP contribution in [0.4, 0.5) is 11.8 Å². The summed E-state index contributed by atoms with van der Waals surface area (Å²) in [4.78, 5) is 13.3. The van der Waals surface area contributed by atoms with Crippen molar-refractivity contribution < 1.29 is 19.7 Å². The first-order valence-electron chi connectivity index (χ1n) is 10.6. The van der Waals surface area contributed by atoms with Gasteiger partial charge in [0.1, 0.15) is 11.4 Å². The summed E-state index contributed by atoms with van der Waals surface area (Å²) in [5.74, 6) is 7.67. The van der Waals surface area contributed by atoms with Crippen molar-refractivity contribution in [2.24, 2.45) is 16.8 Å². The lowest BCUT2D eigenvalue weighted by Gasteiger charge is -2.19. The van der Waals surface area contributed by atoms with Gasteiger partial charge in [0.05, 0.1) is 31.8 Å². The molecule has 9 nitrogen and oxygen atoms in total. The van der Waals surface area contributed by atoms with Crippen LogP contribution in [0.5, 0.6) is 0 Å². The number of hydrogen-bond acceptors (Lipinski definition) is 9. The normalized spacial score (nSPS) is 24.8. The molecule has 1 fully saturated rings. The second-order valence-corrected chi connectivity index (χ2v) is 8.23. The summed E-state index contributed by atoms with van der Waals surface area (Å²) in [6, 6.07) is -0.268. The molecule has 0 radical (unpaired) electrons. The van der Waals surface area contributed by atoms with E-state index in [0.717, 1.165) is 5.71 Å². The van der Waals surface area contributed by atoms with Gasteiger partial charge in [-0.1, -0.05) is 23.4 Å². The molecule has 32 heavy (non-hydrogen) atoms. The zero-order chi connectivity index (χ0) is 23.1. The Labute approximate surface area is 193 Å². The Balaban J connectivity index is 1.87. The van der Waals surface area contributed by atoms with E-state index in [9.17, 15) is 10.2 Å². The van der Waals surface area contributed by atoms with Gasteiger partial charge in [-0.05, 0) is 38.2 Å². The first-order valence-corrected chi connectivity index (χ1v) is 11.0. The van der Waals surface area contributed by atoms with E-state index in [2.05, 4.69) is 37.4 Å². The standard InChI is InChI=1S/C22H30ClN5O4/c1-13-15(5-7-19(25-13)32-3)4-6-16-20(23)27-22(24-8-9-31-2)28-21(16)26-17-10-14(12-29)11-18(17)30/h7,14-15,17-18,29-30H,5,8-12H2,1-3H3,(H2,24,26,27,28)/t14-,15?,17+,18+/m0/s1. The number of rotatable bonds is 8. The Morgan fingerprint density at radius 3 is 2.75 bits per heavy atom. The zero-order valence-electron chi connectivity index (χ0n) is 18.6. The van der Waals surface area contributed by atoms with Crippen molar-refractivity contribution in [2.75, 3.05) is 44.6 Å². The maximum atomic E-state index is 10.4. The van der Waals surface area contributed by atoms with Crippen LogP contribution >= 0.6 is 11.6 Å². The smallest absolute Gasteiger partial charge is 0.226 e. The van der Waals surface area contributed by atoms with E-state index in [1.807, 2.05) is 13.0 Å². The summed E-state index contributed by atoms with van der Waals surface area (Å²) in [5, 5.41) is 26.4. The summed E-state index contributed by atoms with van der Waals surface area (Å²) in [7, 11) is 3.20. The maximum Gasteiger partial charge on any atom is 0.226 e. The van der Waals surface area contributed by atoms with E-state index in [1.165, 1.54) is 0 Å². The number of allylic oxidation sites excluding steroid dienone is 1. The Hall–Kier alpha value is -2.38. The number of anilines is 2. The molecule has 1 saturated carbocycles. The quantitative estimate of drug-likeness (QED) is 0.262. The number of methoxy groups -OCH3 is 2. The number of aliphatic hydroxyl groups is 2. The molecular formula is C22H30ClN5O4. The van der Waals surface area contributed by atoms with Crippen LogP contribution in [0.1, 0.15) is 31.7 Å². The fraction of sp³-hybridized carbons (Fsp3) is 0.591. The third-order valence-electron chi connectivity index (χ3n) is 5.56. The minimum atomic E-state index is -0.600. The molecule has 0 spiro atoms. The lowest BCUT2D eigenvalue weighted by atomic mass is 9.98. The predicted molar refractivity (Wildman–Crippen MR) is 124 cm³/mol. The van der Waals surface area contributed by atoms with E-state index in [0.29, 0.717) is 55.6 Å². The van der Waals surface area contributed by atoms with Gasteiger partial charge in [0.15, 0.2) is 5.15 Å². The number of aliphatic hydroxyl groups excluding tert-OH is 2. The highest BCUT2D eigenvalue weighted by Gasteiger charge is 2.33. The van der Waals surface area contributed by atoms with E-state index in [-0.39, 0.29) is 29.6 Å². The number of hydrogen-bond donors (Lipinski definition) is 4. The lowest BCUT2D eigenvalue weighted by Crippen LogP contribution is -2.29. The van der Waals surface area contributed by atoms with E-state index < -0.39 is 6.10 Å². The zero-order valence-corrected chi connectivity index (χ0v) is 19.3. The Kier molecular flexibility index (Phi) is 8.70. The molecule has 2 heterocycles. The van der Waals surface area contributed by atoms with Gasteiger partial charge in [0.2, 0.25) is 11.8 Å². The van der Waals surface area contributed by atoms with Crippen LogP contribution in [0.25, 0.3) is 0 Å². The average Bonchev–Trinajstić information content (AvgIpc) is 3.13. The minimum absolute atomic E-state index is 0.0352. The van der Waals surface area contributed by atoms with Gasteiger partial charge in [-0.25, -0.2) is 4.99 Å². The summed E-state index contributed by atoms with van der Waals surface area (Å²) >= 11 is 6.50. The van der Waals surface area contributed by atoms with Crippen molar-refractivity contribution in [2.45, 2.75) is 38.3 Å². The van der Waals surface area contributed by atoms with Crippen LogP contribution in [0.3, 0.4) is 0 Å². The molecule has 10 heteroatoms. The van der Waals surface area contributed by atoms with Crippen LogP contribution in [0.15, 0.2) is 17.0 Å². The highest BCUT2D eigenvalue weighted by Crippen LogP contribution is 2.30. The first-order chi connectivity index (χ1) is 15.4. The Morgan fingerprint density at radius 2 is 2.09 bits per heavy atom. The van der Waals surface area contributed by atoms with Crippen LogP contribution < -0.4 is 10.6 Å². The van der Waals surface area contributed by atoms with Crippen molar-refractivity contribution in [3.8, 4) is 11.8 Å². The molecule has 0 amide bonds. The van der Waals surface area contributed by atoms with Crippen molar-refractivity contribution >= 4 is 29.1 Å². The third kappa shape index (κ3) is 6.11. The molecule has 4 N–H and O–H groups in total. The van der Waals surface area contributed by atoms with Crippen molar-refractivity contribution in [1.82, 2.24) is 9.97 Å². The molecular weight excluding hydrogens is 434 g/mol. The monoisotopic (exact) mass is 463 g/mol. The first kappa shape index (κ1) is 24.3. The van der Waals surface area contributed by atoms with Crippen LogP contribution in [-0.4, -0.2) is 72.0 Å². The number of ether oxygens (including phenoxy) is 2. The average molecular weight is 464 g/mol. The minimum Gasteiger partial charge on any atom is -0.481 e. The SMILES string of the molecule is COCCNc1nc(Cl)c(C#CC2CC=C(OC)N=C2C)c(N[C@@H]2C[C@H](CO)C[C@H]2O)n1. The number of nitrogens with zero attached hydrogens (tertiary/aromatic N) is 3. The third-order valence-corrected chi connectivity index (χ3v) is 5.83. The fourth-order valence-corrected chi connectivity index (χ4v) is 3.95. The number of aromatic nitrogens is 2.